The number of likely N-dealkylation sites (tertiary alicyclic amines) is 1. The third-order valence-electron chi connectivity index (χ3n) is 3.21. The van der Waals surface area contributed by atoms with E-state index in [2.05, 4.69) is 36.1 Å². The third kappa shape index (κ3) is 2.53. The molecule has 0 N–H and O–H groups in total. The molecule has 1 aliphatic rings. The van der Waals surface area contributed by atoms with E-state index in [1.165, 1.54) is 30.5 Å². The predicted octanol–water partition coefficient (Wildman–Crippen LogP) is 2.52. The van der Waals surface area contributed by atoms with Gasteiger partial charge in [-0.25, -0.2) is 0 Å². The van der Waals surface area contributed by atoms with Crippen LogP contribution in [0, 0.1) is 0 Å². The molecule has 2 heterocycles. The number of hydrogen-bond acceptors (Lipinski definition) is 2. The van der Waals surface area contributed by atoms with E-state index >= 15 is 0 Å². The lowest BCUT2D eigenvalue weighted by molar-refractivity contribution is 0.285. The van der Waals surface area contributed by atoms with E-state index in [4.69, 9.17) is 0 Å². The van der Waals surface area contributed by atoms with Crippen LogP contribution in [0.3, 0.4) is 0 Å². The Kier molecular flexibility index (Phi) is 3.44. The summed E-state index contributed by atoms with van der Waals surface area (Å²) >= 11 is 0. The van der Waals surface area contributed by atoms with Gasteiger partial charge in [-0.2, -0.15) is 5.10 Å². The summed E-state index contributed by atoms with van der Waals surface area (Å²) in [4.78, 5) is 2.55. The van der Waals surface area contributed by atoms with Gasteiger partial charge in [0.25, 0.3) is 0 Å². The van der Waals surface area contributed by atoms with E-state index in [0.29, 0.717) is 6.04 Å². The summed E-state index contributed by atoms with van der Waals surface area (Å²) in [7, 11) is 1.99. The summed E-state index contributed by atoms with van der Waals surface area (Å²) < 4.78 is 1.90. The summed E-state index contributed by atoms with van der Waals surface area (Å²) in [5.74, 6) is 0. The van der Waals surface area contributed by atoms with Crippen molar-refractivity contribution in [1.29, 1.82) is 0 Å². The maximum absolute atomic E-state index is 4.27. The van der Waals surface area contributed by atoms with E-state index in [1.54, 1.807) is 0 Å². The molecule has 1 aromatic heterocycles. The first-order valence-electron chi connectivity index (χ1n) is 6.03. The minimum atomic E-state index is 0.573. The summed E-state index contributed by atoms with van der Waals surface area (Å²) in [6.07, 6.45) is 9.03. The van der Waals surface area contributed by atoms with Gasteiger partial charge in [-0.15, -0.1) is 0 Å². The number of rotatable bonds is 3. The van der Waals surface area contributed by atoms with Gasteiger partial charge < -0.3 is 0 Å². The predicted molar refractivity (Wildman–Crippen MR) is 66.2 cm³/mol. The zero-order valence-electron chi connectivity index (χ0n) is 10.5. The van der Waals surface area contributed by atoms with Crippen LogP contribution >= 0.6 is 0 Å². The van der Waals surface area contributed by atoms with Crippen molar-refractivity contribution in [2.24, 2.45) is 7.05 Å². The van der Waals surface area contributed by atoms with Crippen molar-refractivity contribution in [2.75, 3.05) is 13.1 Å². The zero-order valence-corrected chi connectivity index (χ0v) is 10.5. The molecule has 2 rings (SSSR count). The van der Waals surface area contributed by atoms with Crippen molar-refractivity contribution < 1.29 is 0 Å². The fraction of sp³-hybridized carbons (Fsp3) is 0.615. The number of allylic oxidation sites excluding steroid dienone is 1. The fourth-order valence-corrected chi connectivity index (χ4v) is 2.33. The van der Waals surface area contributed by atoms with Crippen molar-refractivity contribution in [3.8, 4) is 0 Å². The van der Waals surface area contributed by atoms with E-state index in [-0.39, 0.29) is 0 Å². The van der Waals surface area contributed by atoms with Crippen LogP contribution in [0.25, 0.3) is 0 Å². The summed E-state index contributed by atoms with van der Waals surface area (Å²) in [6.45, 7) is 6.61. The lowest BCUT2D eigenvalue weighted by atomic mass is 10.1. The molecule has 16 heavy (non-hydrogen) atoms. The van der Waals surface area contributed by atoms with Gasteiger partial charge >= 0.3 is 0 Å². The Balaban J connectivity index is 2.06. The molecule has 0 saturated carbocycles. The van der Waals surface area contributed by atoms with Crippen LogP contribution in [0.5, 0.6) is 0 Å². The maximum atomic E-state index is 4.27. The van der Waals surface area contributed by atoms with Crippen LogP contribution in [0.15, 0.2) is 24.0 Å². The molecule has 0 radical (unpaired) electrons. The standard InChI is InChI=1S/C13H21N3/c1-11(2)6-8-16-7-4-5-13(16)12-9-14-15(3)10-12/h6,9-10,13H,4-5,7-8H2,1-3H3/t13-/m0/s1. The minimum absolute atomic E-state index is 0.573. The van der Waals surface area contributed by atoms with Crippen molar-refractivity contribution in [3.63, 3.8) is 0 Å². The highest BCUT2D eigenvalue weighted by Gasteiger charge is 2.25. The fourth-order valence-electron chi connectivity index (χ4n) is 2.33. The maximum Gasteiger partial charge on any atom is 0.0537 e. The van der Waals surface area contributed by atoms with Gasteiger partial charge in [0.2, 0.25) is 0 Å². The van der Waals surface area contributed by atoms with E-state index < -0.39 is 0 Å². The molecule has 1 fully saturated rings. The smallest absolute Gasteiger partial charge is 0.0537 e. The average molecular weight is 219 g/mol. The summed E-state index contributed by atoms with van der Waals surface area (Å²) in [5, 5.41) is 4.27. The molecular weight excluding hydrogens is 198 g/mol. The average Bonchev–Trinajstić information content (AvgIpc) is 2.82. The Labute approximate surface area is 97.8 Å². The number of aryl methyl sites for hydroxylation is 1. The quantitative estimate of drug-likeness (QED) is 0.728. The molecule has 1 atom stereocenters. The zero-order chi connectivity index (χ0) is 11.5. The van der Waals surface area contributed by atoms with Crippen molar-refractivity contribution in [3.05, 3.63) is 29.6 Å². The lowest BCUT2D eigenvalue weighted by Gasteiger charge is -2.22. The largest absolute Gasteiger partial charge is 0.293 e. The topological polar surface area (TPSA) is 21.1 Å². The number of aromatic nitrogens is 2. The molecule has 1 aromatic rings. The first-order chi connectivity index (χ1) is 7.66. The monoisotopic (exact) mass is 219 g/mol. The van der Waals surface area contributed by atoms with Crippen molar-refractivity contribution >= 4 is 0 Å². The van der Waals surface area contributed by atoms with E-state index in [1.807, 2.05) is 17.9 Å². The van der Waals surface area contributed by atoms with Gasteiger partial charge in [-0.3, -0.25) is 9.58 Å². The Morgan fingerprint density at radius 1 is 1.56 bits per heavy atom. The molecule has 1 saturated heterocycles. The first-order valence-corrected chi connectivity index (χ1v) is 6.03. The second kappa shape index (κ2) is 4.83. The molecular formula is C13H21N3. The number of nitrogens with zero attached hydrogens (tertiary/aromatic N) is 3. The third-order valence-corrected chi connectivity index (χ3v) is 3.21. The number of hydrogen-bond donors (Lipinski definition) is 0. The van der Waals surface area contributed by atoms with Gasteiger partial charge in [0.1, 0.15) is 0 Å². The Morgan fingerprint density at radius 2 is 2.38 bits per heavy atom. The molecule has 0 spiro atoms. The highest BCUT2D eigenvalue weighted by Crippen LogP contribution is 2.31. The molecule has 3 nitrogen and oxygen atoms in total. The van der Waals surface area contributed by atoms with Crippen LogP contribution in [0.4, 0.5) is 0 Å². The lowest BCUT2D eigenvalue weighted by Crippen LogP contribution is -2.23. The Hall–Kier alpha value is -1.09. The summed E-state index contributed by atoms with van der Waals surface area (Å²) in [6, 6.07) is 0.573. The highest BCUT2D eigenvalue weighted by molar-refractivity contribution is 5.13. The molecule has 3 heteroatoms. The van der Waals surface area contributed by atoms with Crippen LogP contribution in [0.1, 0.15) is 38.3 Å². The highest BCUT2D eigenvalue weighted by atomic mass is 15.3. The normalized spacial score (nSPS) is 21.3. The Bertz CT molecular complexity index is 374. The molecule has 0 aromatic carbocycles. The van der Waals surface area contributed by atoms with Crippen LogP contribution in [0.2, 0.25) is 0 Å². The van der Waals surface area contributed by atoms with Crippen LogP contribution < -0.4 is 0 Å². The Morgan fingerprint density at radius 3 is 3.00 bits per heavy atom. The van der Waals surface area contributed by atoms with E-state index in [9.17, 15) is 0 Å². The van der Waals surface area contributed by atoms with Gasteiger partial charge in [0, 0.05) is 31.4 Å². The van der Waals surface area contributed by atoms with Crippen LogP contribution in [-0.4, -0.2) is 27.8 Å². The summed E-state index contributed by atoms with van der Waals surface area (Å²) in [5.41, 5.74) is 2.76. The van der Waals surface area contributed by atoms with Gasteiger partial charge in [-0.05, 0) is 33.2 Å². The van der Waals surface area contributed by atoms with Crippen LogP contribution in [-0.2, 0) is 7.05 Å². The van der Waals surface area contributed by atoms with Gasteiger partial charge in [0.05, 0.1) is 6.20 Å². The molecule has 0 aliphatic carbocycles. The molecule has 88 valence electrons. The SMILES string of the molecule is CC(C)=CCN1CCC[C@H]1c1cnn(C)c1. The van der Waals surface area contributed by atoms with Gasteiger partial charge in [-0.1, -0.05) is 11.6 Å². The molecule has 1 aliphatic heterocycles. The molecule has 0 bridgehead atoms. The molecule has 0 amide bonds. The molecule has 0 unspecified atom stereocenters. The van der Waals surface area contributed by atoms with Gasteiger partial charge in [0.15, 0.2) is 0 Å². The van der Waals surface area contributed by atoms with E-state index in [0.717, 1.165) is 6.54 Å². The minimum Gasteiger partial charge on any atom is -0.293 e. The van der Waals surface area contributed by atoms with Crippen molar-refractivity contribution in [1.82, 2.24) is 14.7 Å². The first kappa shape index (κ1) is 11.4. The van der Waals surface area contributed by atoms with Crippen molar-refractivity contribution in [2.45, 2.75) is 32.7 Å². The second-order valence-corrected chi connectivity index (χ2v) is 4.88. The second-order valence-electron chi connectivity index (χ2n) is 4.88.